The van der Waals surface area contributed by atoms with Crippen LogP contribution < -0.4 is 5.32 Å². The standard InChI is InChI=1S/C15H24N2OS/c1-12(2)14(17-7-3-4-8-17)11-16-15(18)10-13-6-5-9-19-13/h5-6,9,12,14H,3-4,7-8,10-11H2,1-2H3,(H,16,18). The number of thiophene rings is 1. The predicted molar refractivity (Wildman–Crippen MR) is 80.5 cm³/mol. The maximum atomic E-state index is 11.9. The number of nitrogens with one attached hydrogen (secondary N) is 1. The van der Waals surface area contributed by atoms with Crippen LogP contribution in [-0.4, -0.2) is 36.5 Å². The molecule has 0 saturated carbocycles. The number of amides is 1. The number of rotatable bonds is 6. The van der Waals surface area contributed by atoms with E-state index in [1.54, 1.807) is 11.3 Å². The van der Waals surface area contributed by atoms with Crippen molar-refractivity contribution >= 4 is 17.2 Å². The van der Waals surface area contributed by atoms with E-state index in [9.17, 15) is 4.79 Å². The van der Waals surface area contributed by atoms with Gasteiger partial charge >= 0.3 is 0 Å². The van der Waals surface area contributed by atoms with E-state index in [0.29, 0.717) is 18.4 Å². The zero-order valence-electron chi connectivity index (χ0n) is 11.9. The number of hydrogen-bond donors (Lipinski definition) is 1. The van der Waals surface area contributed by atoms with Crippen LogP contribution in [0.4, 0.5) is 0 Å². The molecule has 0 spiro atoms. The van der Waals surface area contributed by atoms with E-state index in [2.05, 4.69) is 24.1 Å². The third-order valence-electron chi connectivity index (χ3n) is 3.80. The second-order valence-electron chi connectivity index (χ2n) is 5.61. The molecule has 1 aromatic heterocycles. The van der Waals surface area contributed by atoms with Gasteiger partial charge in [-0.15, -0.1) is 11.3 Å². The summed E-state index contributed by atoms with van der Waals surface area (Å²) >= 11 is 1.65. The third-order valence-corrected chi connectivity index (χ3v) is 4.68. The normalized spacial score (nSPS) is 17.8. The SMILES string of the molecule is CC(C)C(CNC(=O)Cc1cccs1)N1CCCC1. The first kappa shape index (κ1) is 14.5. The van der Waals surface area contributed by atoms with E-state index < -0.39 is 0 Å². The van der Waals surface area contributed by atoms with Crippen molar-refractivity contribution in [3.05, 3.63) is 22.4 Å². The van der Waals surface area contributed by atoms with E-state index in [-0.39, 0.29) is 5.91 Å². The van der Waals surface area contributed by atoms with Crippen LogP contribution in [0, 0.1) is 5.92 Å². The first-order valence-corrected chi connectivity index (χ1v) is 8.08. The Balaban J connectivity index is 1.79. The molecule has 1 unspecified atom stereocenters. The molecule has 1 aliphatic rings. The topological polar surface area (TPSA) is 32.3 Å². The molecule has 106 valence electrons. The average molecular weight is 280 g/mol. The van der Waals surface area contributed by atoms with Crippen molar-refractivity contribution in [3.8, 4) is 0 Å². The molecule has 1 saturated heterocycles. The first-order valence-electron chi connectivity index (χ1n) is 7.20. The molecule has 1 N–H and O–H groups in total. The van der Waals surface area contributed by atoms with Gasteiger partial charge < -0.3 is 5.32 Å². The van der Waals surface area contributed by atoms with Crippen LogP contribution in [0.1, 0.15) is 31.6 Å². The highest BCUT2D eigenvalue weighted by molar-refractivity contribution is 7.10. The van der Waals surface area contributed by atoms with Crippen molar-refractivity contribution in [2.75, 3.05) is 19.6 Å². The van der Waals surface area contributed by atoms with Crippen LogP contribution in [0.2, 0.25) is 0 Å². The van der Waals surface area contributed by atoms with Crippen molar-refractivity contribution in [2.24, 2.45) is 5.92 Å². The Bertz CT molecular complexity index is 383. The minimum Gasteiger partial charge on any atom is -0.354 e. The van der Waals surface area contributed by atoms with Gasteiger partial charge in [0.05, 0.1) is 6.42 Å². The van der Waals surface area contributed by atoms with Gasteiger partial charge in [-0.05, 0) is 43.3 Å². The number of hydrogen-bond acceptors (Lipinski definition) is 3. The van der Waals surface area contributed by atoms with Gasteiger partial charge in [0.25, 0.3) is 0 Å². The Kier molecular flexibility index (Phi) is 5.40. The van der Waals surface area contributed by atoms with Crippen molar-refractivity contribution in [2.45, 2.75) is 39.2 Å². The maximum Gasteiger partial charge on any atom is 0.225 e. The fourth-order valence-corrected chi connectivity index (χ4v) is 3.42. The van der Waals surface area contributed by atoms with Crippen LogP contribution in [0.5, 0.6) is 0 Å². The van der Waals surface area contributed by atoms with Crippen molar-refractivity contribution < 1.29 is 4.79 Å². The summed E-state index contributed by atoms with van der Waals surface area (Å²) in [5, 5.41) is 5.12. The van der Waals surface area contributed by atoms with E-state index in [1.807, 2.05) is 17.5 Å². The number of likely N-dealkylation sites (tertiary alicyclic amines) is 1. The second-order valence-corrected chi connectivity index (χ2v) is 6.65. The second kappa shape index (κ2) is 7.06. The van der Waals surface area contributed by atoms with Crippen LogP contribution in [0.25, 0.3) is 0 Å². The lowest BCUT2D eigenvalue weighted by Gasteiger charge is -2.31. The summed E-state index contributed by atoms with van der Waals surface area (Å²) in [6.45, 7) is 7.64. The fraction of sp³-hybridized carbons (Fsp3) is 0.667. The van der Waals surface area contributed by atoms with Gasteiger partial charge in [-0.1, -0.05) is 19.9 Å². The largest absolute Gasteiger partial charge is 0.354 e. The summed E-state index contributed by atoms with van der Waals surface area (Å²) in [7, 11) is 0. The molecular formula is C15H24N2OS. The lowest BCUT2D eigenvalue weighted by atomic mass is 10.0. The highest BCUT2D eigenvalue weighted by atomic mass is 32.1. The zero-order valence-corrected chi connectivity index (χ0v) is 12.7. The van der Waals surface area contributed by atoms with Crippen molar-refractivity contribution in [1.29, 1.82) is 0 Å². The molecule has 3 nitrogen and oxygen atoms in total. The molecule has 1 amide bonds. The minimum absolute atomic E-state index is 0.146. The summed E-state index contributed by atoms with van der Waals surface area (Å²) in [6.07, 6.45) is 3.11. The number of nitrogens with zero attached hydrogens (tertiary/aromatic N) is 1. The first-order chi connectivity index (χ1) is 9.16. The van der Waals surface area contributed by atoms with E-state index in [4.69, 9.17) is 0 Å². The Hall–Kier alpha value is -0.870. The molecule has 1 fully saturated rings. The Morgan fingerprint density at radius 2 is 2.16 bits per heavy atom. The highest BCUT2D eigenvalue weighted by Gasteiger charge is 2.24. The van der Waals surface area contributed by atoms with Crippen LogP contribution in [0.3, 0.4) is 0 Å². The zero-order chi connectivity index (χ0) is 13.7. The predicted octanol–water partition coefficient (Wildman–Crippen LogP) is 2.53. The summed E-state index contributed by atoms with van der Waals surface area (Å²) < 4.78 is 0. The monoisotopic (exact) mass is 280 g/mol. The van der Waals surface area contributed by atoms with E-state index in [0.717, 1.165) is 11.4 Å². The maximum absolute atomic E-state index is 11.9. The Morgan fingerprint density at radius 1 is 1.42 bits per heavy atom. The smallest absolute Gasteiger partial charge is 0.225 e. The van der Waals surface area contributed by atoms with Gasteiger partial charge in [0, 0.05) is 17.5 Å². The molecule has 0 aromatic carbocycles. The van der Waals surface area contributed by atoms with Gasteiger partial charge in [0.15, 0.2) is 0 Å². The molecule has 1 aromatic rings. The number of carbonyl (C=O) groups excluding carboxylic acids is 1. The molecule has 19 heavy (non-hydrogen) atoms. The molecule has 1 aliphatic heterocycles. The van der Waals surface area contributed by atoms with Crippen LogP contribution in [0.15, 0.2) is 17.5 Å². The summed E-state index contributed by atoms with van der Waals surface area (Å²) in [6, 6.07) is 4.49. The molecule has 0 radical (unpaired) electrons. The summed E-state index contributed by atoms with van der Waals surface area (Å²) in [5.41, 5.74) is 0. The minimum atomic E-state index is 0.146. The van der Waals surface area contributed by atoms with Gasteiger partial charge in [0.1, 0.15) is 0 Å². The van der Waals surface area contributed by atoms with Crippen molar-refractivity contribution in [3.63, 3.8) is 0 Å². The van der Waals surface area contributed by atoms with Gasteiger partial charge in [0.2, 0.25) is 5.91 Å². The van der Waals surface area contributed by atoms with Crippen molar-refractivity contribution in [1.82, 2.24) is 10.2 Å². The molecule has 4 heteroatoms. The number of carbonyl (C=O) groups is 1. The summed E-state index contributed by atoms with van der Waals surface area (Å²) in [5.74, 6) is 0.729. The Labute approximate surface area is 120 Å². The molecule has 2 heterocycles. The van der Waals surface area contributed by atoms with E-state index in [1.165, 1.54) is 25.9 Å². The summed E-state index contributed by atoms with van der Waals surface area (Å²) in [4.78, 5) is 15.6. The molecular weight excluding hydrogens is 256 g/mol. The molecule has 0 bridgehead atoms. The van der Waals surface area contributed by atoms with Gasteiger partial charge in [-0.25, -0.2) is 0 Å². The van der Waals surface area contributed by atoms with E-state index >= 15 is 0 Å². The highest BCUT2D eigenvalue weighted by Crippen LogP contribution is 2.17. The van der Waals surface area contributed by atoms with Crippen LogP contribution >= 0.6 is 11.3 Å². The Morgan fingerprint density at radius 3 is 2.74 bits per heavy atom. The van der Waals surface area contributed by atoms with Crippen LogP contribution in [-0.2, 0) is 11.2 Å². The molecule has 1 atom stereocenters. The lowest BCUT2D eigenvalue weighted by molar-refractivity contribution is -0.120. The average Bonchev–Trinajstić information content (AvgIpc) is 3.01. The van der Waals surface area contributed by atoms with Gasteiger partial charge in [-0.2, -0.15) is 0 Å². The molecule has 0 aliphatic carbocycles. The fourth-order valence-electron chi connectivity index (χ4n) is 2.71. The lowest BCUT2D eigenvalue weighted by Crippen LogP contribution is -2.45. The van der Waals surface area contributed by atoms with Gasteiger partial charge in [-0.3, -0.25) is 9.69 Å². The molecule has 2 rings (SSSR count). The third kappa shape index (κ3) is 4.32. The quantitative estimate of drug-likeness (QED) is 0.868.